The van der Waals surface area contributed by atoms with E-state index in [-0.39, 0.29) is 11.9 Å². The number of nitrogen functional groups attached to an aromatic ring is 1. The van der Waals surface area contributed by atoms with E-state index in [2.05, 4.69) is 24.5 Å². The van der Waals surface area contributed by atoms with Crippen molar-refractivity contribution in [3.05, 3.63) is 64.2 Å². The molecule has 1 unspecified atom stereocenters. The van der Waals surface area contributed by atoms with Crippen molar-refractivity contribution in [1.29, 1.82) is 0 Å². The summed E-state index contributed by atoms with van der Waals surface area (Å²) >= 11 is 1.35. The number of hydrogen-bond acceptors (Lipinski definition) is 6. The van der Waals surface area contributed by atoms with Crippen LogP contribution in [0.25, 0.3) is 0 Å². The van der Waals surface area contributed by atoms with Crippen molar-refractivity contribution in [1.82, 2.24) is 10.2 Å². The summed E-state index contributed by atoms with van der Waals surface area (Å²) < 4.78 is 5.16. The molecule has 0 bridgehead atoms. The van der Waals surface area contributed by atoms with Crippen LogP contribution in [-0.4, -0.2) is 37.0 Å². The molecule has 9 heteroatoms. The molecule has 0 aliphatic carbocycles. The number of carbonyl (C=O) groups is 2. The van der Waals surface area contributed by atoms with Crippen molar-refractivity contribution in [3.8, 4) is 5.75 Å². The third-order valence-electron chi connectivity index (χ3n) is 6.00. The molecular formula is C24H29N5O3S. The predicted molar refractivity (Wildman–Crippen MR) is 132 cm³/mol. The van der Waals surface area contributed by atoms with Crippen LogP contribution in [0.1, 0.15) is 37.3 Å². The number of thioether (sulfide) groups is 1. The molecule has 33 heavy (non-hydrogen) atoms. The maximum absolute atomic E-state index is 12.9. The van der Waals surface area contributed by atoms with Crippen LogP contribution in [0.15, 0.2) is 53.1 Å². The van der Waals surface area contributed by atoms with Crippen LogP contribution in [0.5, 0.6) is 5.75 Å². The fourth-order valence-corrected chi connectivity index (χ4v) is 5.47. The van der Waals surface area contributed by atoms with E-state index < -0.39 is 10.8 Å². The minimum absolute atomic E-state index is 0.204. The molecule has 4 rings (SSSR count). The van der Waals surface area contributed by atoms with Gasteiger partial charge in [0.2, 0.25) is 0 Å². The van der Waals surface area contributed by atoms with E-state index in [9.17, 15) is 9.59 Å². The molecule has 0 spiro atoms. The SMILES string of the molecule is COc1ccc(NC(=O)N2CCC3=C(C2)SC(C(N)=O)(c2cc(C(C)C)ccc2N)N3)cc1. The number of nitrogens with two attached hydrogens (primary N) is 2. The second-order valence-electron chi connectivity index (χ2n) is 8.51. The summed E-state index contributed by atoms with van der Waals surface area (Å²) in [6, 6.07) is 12.7. The Balaban J connectivity index is 1.53. The third kappa shape index (κ3) is 4.32. The monoisotopic (exact) mass is 467 g/mol. The van der Waals surface area contributed by atoms with Crippen LogP contribution in [0.3, 0.4) is 0 Å². The first kappa shape index (κ1) is 22.8. The highest BCUT2D eigenvalue weighted by Gasteiger charge is 2.48. The number of nitrogens with one attached hydrogen (secondary N) is 2. The summed E-state index contributed by atoms with van der Waals surface area (Å²) in [5, 5.41) is 6.28. The lowest BCUT2D eigenvalue weighted by Crippen LogP contribution is -2.47. The van der Waals surface area contributed by atoms with Crippen LogP contribution < -0.4 is 26.8 Å². The fourth-order valence-electron chi connectivity index (χ4n) is 4.04. The Hall–Kier alpha value is -3.33. The van der Waals surface area contributed by atoms with Gasteiger partial charge in [-0.25, -0.2) is 4.79 Å². The smallest absolute Gasteiger partial charge is 0.322 e. The minimum Gasteiger partial charge on any atom is -0.497 e. The van der Waals surface area contributed by atoms with Gasteiger partial charge in [-0.15, -0.1) is 0 Å². The second kappa shape index (κ2) is 8.90. The number of amides is 3. The molecule has 2 aromatic carbocycles. The number of ether oxygens (including phenoxy) is 1. The van der Waals surface area contributed by atoms with Gasteiger partial charge in [-0.2, -0.15) is 0 Å². The highest BCUT2D eigenvalue weighted by atomic mass is 32.2. The first-order valence-corrected chi connectivity index (χ1v) is 11.6. The number of nitrogens with zero attached hydrogens (tertiary/aromatic N) is 1. The highest BCUT2D eigenvalue weighted by Crippen LogP contribution is 2.49. The Morgan fingerprint density at radius 2 is 1.94 bits per heavy atom. The number of hydrogen-bond donors (Lipinski definition) is 4. The summed E-state index contributed by atoms with van der Waals surface area (Å²) in [4.78, 5) is 27.1. The molecule has 0 saturated heterocycles. The van der Waals surface area contributed by atoms with Gasteiger partial charge >= 0.3 is 6.03 Å². The van der Waals surface area contributed by atoms with Crippen molar-refractivity contribution in [2.24, 2.45) is 5.73 Å². The zero-order valence-corrected chi connectivity index (χ0v) is 19.8. The van der Waals surface area contributed by atoms with Crippen molar-refractivity contribution in [3.63, 3.8) is 0 Å². The lowest BCUT2D eigenvalue weighted by Gasteiger charge is -2.29. The zero-order chi connectivity index (χ0) is 23.8. The third-order valence-corrected chi connectivity index (χ3v) is 7.46. The number of urea groups is 1. The van der Waals surface area contributed by atoms with Crippen molar-refractivity contribution >= 4 is 35.1 Å². The lowest BCUT2D eigenvalue weighted by atomic mass is 9.95. The first-order valence-electron chi connectivity index (χ1n) is 10.8. The molecule has 2 heterocycles. The van der Waals surface area contributed by atoms with Crippen molar-refractivity contribution in [2.75, 3.05) is 31.2 Å². The van der Waals surface area contributed by atoms with Crippen LogP contribution >= 0.6 is 11.8 Å². The van der Waals surface area contributed by atoms with E-state index >= 15 is 0 Å². The van der Waals surface area contributed by atoms with E-state index in [4.69, 9.17) is 16.2 Å². The fraction of sp³-hybridized carbons (Fsp3) is 0.333. The average Bonchev–Trinajstić information content (AvgIpc) is 3.19. The van der Waals surface area contributed by atoms with E-state index in [1.54, 1.807) is 36.3 Å². The predicted octanol–water partition coefficient (Wildman–Crippen LogP) is 3.52. The Morgan fingerprint density at radius 1 is 1.21 bits per heavy atom. The summed E-state index contributed by atoms with van der Waals surface area (Å²) in [5.74, 6) is 0.488. The maximum Gasteiger partial charge on any atom is 0.322 e. The Labute approximate surface area is 197 Å². The molecule has 174 valence electrons. The topological polar surface area (TPSA) is 123 Å². The van der Waals surface area contributed by atoms with Crippen LogP contribution in [0, 0.1) is 0 Å². The molecule has 2 aliphatic rings. The maximum atomic E-state index is 12.9. The van der Waals surface area contributed by atoms with Gasteiger partial charge in [-0.05, 0) is 47.9 Å². The van der Waals surface area contributed by atoms with Gasteiger partial charge in [0, 0.05) is 40.5 Å². The van der Waals surface area contributed by atoms with Crippen LogP contribution in [-0.2, 0) is 9.67 Å². The average molecular weight is 468 g/mol. The molecule has 2 aromatic rings. The largest absolute Gasteiger partial charge is 0.497 e. The number of primary amides is 1. The van der Waals surface area contributed by atoms with Crippen LogP contribution in [0.4, 0.5) is 16.2 Å². The summed E-state index contributed by atoms with van der Waals surface area (Å²) in [7, 11) is 1.60. The Morgan fingerprint density at radius 3 is 2.58 bits per heavy atom. The quantitative estimate of drug-likeness (QED) is 0.499. The van der Waals surface area contributed by atoms with Gasteiger partial charge in [0.25, 0.3) is 5.91 Å². The molecule has 6 N–H and O–H groups in total. The zero-order valence-electron chi connectivity index (χ0n) is 19.0. The van der Waals surface area contributed by atoms with Gasteiger partial charge in [0.15, 0.2) is 4.87 Å². The van der Waals surface area contributed by atoms with E-state index in [0.29, 0.717) is 36.4 Å². The second-order valence-corrected chi connectivity index (χ2v) is 9.82. The summed E-state index contributed by atoms with van der Waals surface area (Å²) in [5.41, 5.74) is 16.1. The van der Waals surface area contributed by atoms with Gasteiger partial charge in [0.05, 0.1) is 13.7 Å². The number of anilines is 2. The Kier molecular flexibility index (Phi) is 6.16. The molecular weight excluding hydrogens is 438 g/mol. The number of methoxy groups -OCH3 is 1. The summed E-state index contributed by atoms with van der Waals surface area (Å²) in [6.07, 6.45) is 0.594. The molecule has 0 fully saturated rings. The van der Waals surface area contributed by atoms with E-state index in [1.165, 1.54) is 11.8 Å². The van der Waals surface area contributed by atoms with E-state index in [0.717, 1.165) is 21.9 Å². The highest BCUT2D eigenvalue weighted by molar-refractivity contribution is 8.05. The van der Waals surface area contributed by atoms with Crippen molar-refractivity contribution in [2.45, 2.75) is 31.1 Å². The van der Waals surface area contributed by atoms with E-state index in [1.807, 2.05) is 18.2 Å². The molecule has 2 aliphatic heterocycles. The number of carbonyl (C=O) groups excluding carboxylic acids is 2. The van der Waals surface area contributed by atoms with Gasteiger partial charge in [0.1, 0.15) is 5.75 Å². The Bertz CT molecular complexity index is 1120. The minimum atomic E-state index is -1.19. The summed E-state index contributed by atoms with van der Waals surface area (Å²) in [6.45, 7) is 5.08. The molecule has 0 saturated carbocycles. The lowest BCUT2D eigenvalue weighted by molar-refractivity contribution is -0.121. The molecule has 3 amide bonds. The van der Waals surface area contributed by atoms with Gasteiger partial charge in [-0.1, -0.05) is 31.7 Å². The number of benzene rings is 2. The number of rotatable bonds is 5. The normalized spacial score (nSPS) is 19.8. The van der Waals surface area contributed by atoms with Crippen molar-refractivity contribution < 1.29 is 14.3 Å². The standard InChI is InChI=1S/C24H29N5O3S/c1-14(2)15-4-9-19(25)18(12-15)24(22(26)30)28-20-10-11-29(13-21(20)33-24)23(31)27-16-5-7-17(32-3)8-6-16/h4-9,12,14,28H,10-11,13,25H2,1-3H3,(H2,26,30)(H,27,31). The molecule has 1 atom stereocenters. The van der Waals surface area contributed by atoms with Gasteiger partial charge in [-0.3, -0.25) is 4.79 Å². The van der Waals surface area contributed by atoms with Gasteiger partial charge < -0.3 is 31.7 Å². The molecule has 0 radical (unpaired) electrons. The van der Waals surface area contributed by atoms with Crippen LogP contribution in [0.2, 0.25) is 0 Å². The molecule has 0 aromatic heterocycles. The first-order chi connectivity index (χ1) is 15.7. The molecule has 8 nitrogen and oxygen atoms in total.